The van der Waals surface area contributed by atoms with Crippen LogP contribution in [-0.2, 0) is 4.79 Å². The van der Waals surface area contributed by atoms with Crippen LogP contribution in [0.25, 0.3) is 0 Å². The van der Waals surface area contributed by atoms with E-state index in [2.05, 4.69) is 15.5 Å². The fourth-order valence-corrected chi connectivity index (χ4v) is 3.16. The van der Waals surface area contributed by atoms with Gasteiger partial charge >= 0.3 is 6.03 Å². The summed E-state index contributed by atoms with van der Waals surface area (Å²) < 4.78 is 10.3. The number of imide groups is 1. The lowest BCUT2D eigenvalue weighted by Gasteiger charge is -2.35. The Kier molecular flexibility index (Phi) is 6.91. The molecule has 29 heavy (non-hydrogen) atoms. The molecular weight excluding hydrogens is 372 g/mol. The normalized spacial score (nSPS) is 14.2. The van der Waals surface area contributed by atoms with Crippen molar-refractivity contribution in [2.45, 2.75) is 0 Å². The van der Waals surface area contributed by atoms with Crippen molar-refractivity contribution in [3.8, 4) is 11.5 Å². The van der Waals surface area contributed by atoms with E-state index in [1.807, 2.05) is 29.2 Å². The smallest absolute Gasteiger partial charge is 0.325 e. The van der Waals surface area contributed by atoms with E-state index in [0.717, 1.165) is 37.6 Å². The van der Waals surface area contributed by atoms with Crippen molar-refractivity contribution in [1.29, 1.82) is 0 Å². The molecule has 0 bridgehead atoms. The molecular formula is C21H26N4O4. The molecule has 0 unspecified atom stereocenters. The van der Waals surface area contributed by atoms with E-state index < -0.39 is 6.03 Å². The Morgan fingerprint density at radius 3 is 1.97 bits per heavy atom. The fraction of sp³-hybridized carbons (Fsp3) is 0.333. The summed E-state index contributed by atoms with van der Waals surface area (Å²) in [6.45, 7) is 3.32. The number of carbonyl (C=O) groups excluding carboxylic acids is 2. The van der Waals surface area contributed by atoms with Crippen LogP contribution in [0.4, 0.5) is 16.2 Å². The molecule has 1 aliphatic heterocycles. The van der Waals surface area contributed by atoms with Gasteiger partial charge < -0.3 is 19.7 Å². The second-order valence-electron chi connectivity index (χ2n) is 6.69. The zero-order valence-electron chi connectivity index (χ0n) is 16.7. The van der Waals surface area contributed by atoms with E-state index >= 15 is 0 Å². The molecule has 3 rings (SSSR count). The number of piperazine rings is 1. The van der Waals surface area contributed by atoms with Crippen LogP contribution in [0.3, 0.4) is 0 Å². The summed E-state index contributed by atoms with van der Waals surface area (Å²) in [6, 6.07) is 14.3. The van der Waals surface area contributed by atoms with Crippen LogP contribution >= 0.6 is 0 Å². The molecule has 2 N–H and O–H groups in total. The van der Waals surface area contributed by atoms with Crippen molar-refractivity contribution >= 4 is 23.3 Å². The van der Waals surface area contributed by atoms with Gasteiger partial charge in [-0.05, 0) is 48.5 Å². The number of amides is 3. The molecule has 1 heterocycles. The first-order valence-corrected chi connectivity index (χ1v) is 9.43. The van der Waals surface area contributed by atoms with E-state index in [4.69, 9.17) is 9.47 Å². The molecule has 2 aromatic carbocycles. The zero-order chi connectivity index (χ0) is 20.6. The van der Waals surface area contributed by atoms with Gasteiger partial charge in [0.15, 0.2) is 0 Å². The number of rotatable bonds is 6. The lowest BCUT2D eigenvalue weighted by atomic mass is 10.2. The lowest BCUT2D eigenvalue weighted by Crippen LogP contribution is -2.50. The Morgan fingerprint density at radius 2 is 1.41 bits per heavy atom. The van der Waals surface area contributed by atoms with Crippen molar-refractivity contribution in [2.75, 3.05) is 57.2 Å². The molecule has 1 saturated heterocycles. The summed E-state index contributed by atoms with van der Waals surface area (Å²) in [6.07, 6.45) is 0. The number of anilines is 2. The van der Waals surface area contributed by atoms with Crippen LogP contribution in [0.2, 0.25) is 0 Å². The van der Waals surface area contributed by atoms with Gasteiger partial charge in [-0.2, -0.15) is 0 Å². The van der Waals surface area contributed by atoms with Gasteiger partial charge in [0.05, 0.1) is 20.8 Å². The maximum atomic E-state index is 12.2. The average Bonchev–Trinajstić information content (AvgIpc) is 2.74. The van der Waals surface area contributed by atoms with Crippen LogP contribution in [0.5, 0.6) is 11.5 Å². The van der Waals surface area contributed by atoms with Gasteiger partial charge in [0.25, 0.3) is 0 Å². The maximum Gasteiger partial charge on any atom is 0.325 e. The van der Waals surface area contributed by atoms with Crippen molar-refractivity contribution < 1.29 is 19.1 Å². The highest BCUT2D eigenvalue weighted by Crippen LogP contribution is 2.20. The third-order valence-electron chi connectivity index (χ3n) is 4.78. The minimum absolute atomic E-state index is 0.187. The molecule has 0 aromatic heterocycles. The molecule has 1 aliphatic rings. The second-order valence-corrected chi connectivity index (χ2v) is 6.69. The van der Waals surface area contributed by atoms with Gasteiger partial charge in [0.2, 0.25) is 5.91 Å². The SMILES string of the molecule is COc1ccc(NC(=O)NC(=O)CN2CCN(c3ccc(OC)cc3)CC2)cc1. The van der Waals surface area contributed by atoms with Crippen molar-refractivity contribution in [3.05, 3.63) is 48.5 Å². The first kappa shape index (κ1) is 20.5. The minimum Gasteiger partial charge on any atom is -0.497 e. The molecule has 1 fully saturated rings. The number of carbonyl (C=O) groups is 2. The molecule has 0 radical (unpaired) electrons. The maximum absolute atomic E-state index is 12.2. The summed E-state index contributed by atoms with van der Waals surface area (Å²) in [7, 11) is 3.22. The summed E-state index contributed by atoms with van der Waals surface area (Å²) >= 11 is 0. The van der Waals surface area contributed by atoms with Gasteiger partial charge in [-0.3, -0.25) is 15.0 Å². The predicted molar refractivity (Wildman–Crippen MR) is 112 cm³/mol. The average molecular weight is 398 g/mol. The Hall–Kier alpha value is -3.26. The van der Waals surface area contributed by atoms with Gasteiger partial charge in [-0.1, -0.05) is 0 Å². The number of nitrogens with zero attached hydrogens (tertiary/aromatic N) is 2. The number of methoxy groups -OCH3 is 2. The van der Waals surface area contributed by atoms with Crippen LogP contribution in [0.15, 0.2) is 48.5 Å². The van der Waals surface area contributed by atoms with E-state index in [1.54, 1.807) is 38.5 Å². The molecule has 0 atom stereocenters. The fourth-order valence-electron chi connectivity index (χ4n) is 3.16. The number of benzene rings is 2. The summed E-state index contributed by atoms with van der Waals surface area (Å²) in [5.74, 6) is 1.20. The Balaban J connectivity index is 1.41. The number of urea groups is 1. The van der Waals surface area contributed by atoms with E-state index in [-0.39, 0.29) is 12.5 Å². The van der Waals surface area contributed by atoms with Crippen molar-refractivity contribution in [1.82, 2.24) is 10.2 Å². The molecule has 3 amide bonds. The van der Waals surface area contributed by atoms with Crippen LogP contribution in [0, 0.1) is 0 Å². The number of nitrogens with one attached hydrogen (secondary N) is 2. The standard InChI is InChI=1S/C21H26N4O4/c1-28-18-7-3-16(4-8-18)22-21(27)23-20(26)15-24-11-13-25(14-12-24)17-5-9-19(29-2)10-6-17/h3-10H,11-15H2,1-2H3,(H2,22,23,26,27). The van der Waals surface area contributed by atoms with Crippen LogP contribution in [-0.4, -0.2) is 63.8 Å². The van der Waals surface area contributed by atoms with Crippen LogP contribution in [0.1, 0.15) is 0 Å². The number of ether oxygens (including phenoxy) is 2. The van der Waals surface area contributed by atoms with Gasteiger partial charge in [0.1, 0.15) is 11.5 Å². The van der Waals surface area contributed by atoms with Gasteiger partial charge in [-0.25, -0.2) is 4.79 Å². The summed E-state index contributed by atoms with van der Waals surface area (Å²) in [5.41, 5.74) is 1.72. The first-order chi connectivity index (χ1) is 14.1. The van der Waals surface area contributed by atoms with Crippen molar-refractivity contribution in [2.24, 2.45) is 0 Å². The predicted octanol–water partition coefficient (Wildman–Crippen LogP) is 2.17. The highest BCUT2D eigenvalue weighted by atomic mass is 16.5. The largest absolute Gasteiger partial charge is 0.497 e. The summed E-state index contributed by atoms with van der Waals surface area (Å²) in [4.78, 5) is 28.5. The first-order valence-electron chi connectivity index (χ1n) is 9.43. The quantitative estimate of drug-likeness (QED) is 0.776. The Bertz CT molecular complexity index is 816. The molecule has 154 valence electrons. The molecule has 0 spiro atoms. The molecule has 8 nitrogen and oxygen atoms in total. The van der Waals surface area contributed by atoms with Crippen LogP contribution < -0.4 is 25.0 Å². The number of hydrogen-bond donors (Lipinski definition) is 2. The van der Waals surface area contributed by atoms with E-state index in [0.29, 0.717) is 11.4 Å². The topological polar surface area (TPSA) is 83.1 Å². The summed E-state index contributed by atoms with van der Waals surface area (Å²) in [5, 5.41) is 5.01. The minimum atomic E-state index is -0.544. The Labute approximate surface area is 170 Å². The zero-order valence-corrected chi connectivity index (χ0v) is 16.7. The lowest BCUT2D eigenvalue weighted by molar-refractivity contribution is -0.121. The number of hydrogen-bond acceptors (Lipinski definition) is 6. The Morgan fingerprint density at radius 1 is 0.862 bits per heavy atom. The highest BCUT2D eigenvalue weighted by Gasteiger charge is 2.20. The molecule has 2 aromatic rings. The monoisotopic (exact) mass is 398 g/mol. The van der Waals surface area contributed by atoms with Gasteiger partial charge in [0, 0.05) is 37.6 Å². The highest BCUT2D eigenvalue weighted by molar-refractivity contribution is 6.01. The second kappa shape index (κ2) is 9.79. The molecule has 8 heteroatoms. The van der Waals surface area contributed by atoms with Crippen molar-refractivity contribution in [3.63, 3.8) is 0 Å². The third-order valence-corrected chi connectivity index (χ3v) is 4.78. The molecule has 0 saturated carbocycles. The van der Waals surface area contributed by atoms with E-state index in [1.165, 1.54) is 0 Å². The van der Waals surface area contributed by atoms with E-state index in [9.17, 15) is 9.59 Å². The molecule has 0 aliphatic carbocycles. The van der Waals surface area contributed by atoms with Gasteiger partial charge in [-0.15, -0.1) is 0 Å². The third kappa shape index (κ3) is 5.86.